The van der Waals surface area contributed by atoms with Crippen LogP contribution in [0.15, 0.2) is 24.3 Å². The number of aliphatic carboxylic acids is 1. The summed E-state index contributed by atoms with van der Waals surface area (Å²) in [6.07, 6.45) is 1.03. The summed E-state index contributed by atoms with van der Waals surface area (Å²) in [6.45, 7) is 2.21. The van der Waals surface area contributed by atoms with Gasteiger partial charge in [0.2, 0.25) is 0 Å². The fraction of sp³-hybridized carbons (Fsp3) is 0.467. The highest BCUT2D eigenvalue weighted by atomic mass is 16.4. The second-order valence-electron chi connectivity index (χ2n) is 4.58. The molecule has 0 saturated carbocycles. The van der Waals surface area contributed by atoms with Gasteiger partial charge in [-0.15, -0.1) is 0 Å². The van der Waals surface area contributed by atoms with E-state index in [0.29, 0.717) is 5.56 Å². The van der Waals surface area contributed by atoms with Crippen molar-refractivity contribution in [1.29, 1.82) is 0 Å². The van der Waals surface area contributed by atoms with Crippen molar-refractivity contribution in [3.05, 3.63) is 35.4 Å². The lowest BCUT2D eigenvalue weighted by Gasteiger charge is -2.16. The van der Waals surface area contributed by atoms with Gasteiger partial charge in [-0.2, -0.15) is 0 Å². The largest absolute Gasteiger partial charge is 0.481 e. The molecule has 1 aromatic rings. The summed E-state index contributed by atoms with van der Waals surface area (Å²) in [5.74, 6) is -1.07. The number of Topliss-reactive ketones (excluding diaryl/α,β-unsaturated/α-hetero) is 1. The minimum absolute atomic E-state index is 0.0815. The lowest BCUT2D eigenvalue weighted by atomic mass is 9.98. The van der Waals surface area contributed by atoms with Crippen LogP contribution in [0.4, 0.5) is 0 Å². The SMILES string of the molecule is CCc1ccc(C(=O)C(CCC(=O)O)NCCO)cc1. The summed E-state index contributed by atoms with van der Waals surface area (Å²) in [7, 11) is 0. The summed E-state index contributed by atoms with van der Waals surface area (Å²) in [5.41, 5.74) is 1.70. The van der Waals surface area contributed by atoms with Crippen LogP contribution < -0.4 is 5.32 Å². The third-order valence-electron chi connectivity index (χ3n) is 3.11. The van der Waals surface area contributed by atoms with Gasteiger partial charge in [0.1, 0.15) is 0 Å². The maximum atomic E-state index is 12.3. The highest BCUT2D eigenvalue weighted by molar-refractivity contribution is 6.00. The zero-order valence-electron chi connectivity index (χ0n) is 11.6. The Morgan fingerprint density at radius 1 is 1.25 bits per heavy atom. The Hall–Kier alpha value is -1.72. The monoisotopic (exact) mass is 279 g/mol. The van der Waals surface area contributed by atoms with E-state index in [9.17, 15) is 9.59 Å². The van der Waals surface area contributed by atoms with Crippen LogP contribution in [0.3, 0.4) is 0 Å². The standard InChI is InChI=1S/C15H21NO4/c1-2-11-3-5-12(6-4-11)15(20)13(16-9-10-17)7-8-14(18)19/h3-6,13,16-17H,2,7-10H2,1H3,(H,18,19). The molecular weight excluding hydrogens is 258 g/mol. The number of aliphatic hydroxyl groups excluding tert-OH is 1. The molecule has 0 aliphatic rings. The van der Waals surface area contributed by atoms with E-state index in [-0.39, 0.29) is 31.8 Å². The quantitative estimate of drug-likeness (QED) is 0.592. The van der Waals surface area contributed by atoms with E-state index in [1.807, 2.05) is 19.1 Å². The fourth-order valence-electron chi connectivity index (χ4n) is 1.94. The summed E-state index contributed by atoms with van der Waals surface area (Å²) in [6, 6.07) is 6.73. The van der Waals surface area contributed by atoms with Crippen LogP contribution in [0.1, 0.15) is 35.7 Å². The first kappa shape index (κ1) is 16.3. The number of carbonyl (C=O) groups is 2. The Kier molecular flexibility index (Phi) is 6.90. The zero-order chi connectivity index (χ0) is 15.0. The van der Waals surface area contributed by atoms with E-state index in [2.05, 4.69) is 5.32 Å². The highest BCUT2D eigenvalue weighted by Gasteiger charge is 2.20. The lowest BCUT2D eigenvalue weighted by molar-refractivity contribution is -0.137. The van der Waals surface area contributed by atoms with Crippen molar-refractivity contribution in [3.8, 4) is 0 Å². The first-order valence-corrected chi connectivity index (χ1v) is 6.77. The summed E-state index contributed by atoms with van der Waals surface area (Å²) >= 11 is 0. The van der Waals surface area contributed by atoms with Crippen LogP contribution in [0.25, 0.3) is 0 Å². The normalized spacial score (nSPS) is 12.1. The Morgan fingerprint density at radius 2 is 1.90 bits per heavy atom. The van der Waals surface area contributed by atoms with Gasteiger partial charge in [-0.05, 0) is 18.4 Å². The molecule has 1 unspecified atom stereocenters. The first-order chi connectivity index (χ1) is 9.58. The molecule has 110 valence electrons. The zero-order valence-corrected chi connectivity index (χ0v) is 11.6. The number of aryl methyl sites for hydroxylation is 1. The van der Waals surface area contributed by atoms with Crippen LogP contribution in [-0.2, 0) is 11.2 Å². The average Bonchev–Trinajstić information content (AvgIpc) is 2.46. The van der Waals surface area contributed by atoms with Crippen molar-refractivity contribution in [2.45, 2.75) is 32.2 Å². The third-order valence-corrected chi connectivity index (χ3v) is 3.11. The number of benzene rings is 1. The number of aliphatic hydroxyl groups is 1. The smallest absolute Gasteiger partial charge is 0.303 e. The van der Waals surface area contributed by atoms with Crippen molar-refractivity contribution >= 4 is 11.8 Å². The number of carboxylic acid groups (broad SMARTS) is 1. The number of nitrogens with one attached hydrogen (secondary N) is 1. The molecule has 5 heteroatoms. The molecule has 0 radical (unpaired) electrons. The van der Waals surface area contributed by atoms with Gasteiger partial charge < -0.3 is 15.5 Å². The summed E-state index contributed by atoms with van der Waals surface area (Å²) in [4.78, 5) is 23.0. The number of carboxylic acids is 1. The molecule has 0 aliphatic heterocycles. The van der Waals surface area contributed by atoms with Gasteiger partial charge in [0.25, 0.3) is 0 Å². The summed E-state index contributed by atoms with van der Waals surface area (Å²) < 4.78 is 0. The van der Waals surface area contributed by atoms with Gasteiger partial charge in [-0.3, -0.25) is 9.59 Å². The number of hydrogen-bond acceptors (Lipinski definition) is 4. The Balaban J connectivity index is 2.76. The molecule has 0 aromatic heterocycles. The van der Waals surface area contributed by atoms with Crippen LogP contribution in [0, 0.1) is 0 Å². The molecule has 0 fully saturated rings. The predicted octanol–water partition coefficient (Wildman–Crippen LogP) is 1.25. The van der Waals surface area contributed by atoms with Crippen LogP contribution >= 0.6 is 0 Å². The van der Waals surface area contributed by atoms with Gasteiger partial charge >= 0.3 is 5.97 Å². The average molecular weight is 279 g/mol. The molecule has 0 bridgehead atoms. The maximum Gasteiger partial charge on any atom is 0.303 e. The van der Waals surface area contributed by atoms with E-state index in [1.54, 1.807) is 12.1 Å². The van der Waals surface area contributed by atoms with Crippen LogP contribution in [0.5, 0.6) is 0 Å². The minimum Gasteiger partial charge on any atom is -0.481 e. The van der Waals surface area contributed by atoms with Gasteiger partial charge in [-0.25, -0.2) is 0 Å². The number of hydrogen-bond donors (Lipinski definition) is 3. The molecule has 0 saturated heterocycles. The lowest BCUT2D eigenvalue weighted by Crippen LogP contribution is -2.38. The molecule has 0 heterocycles. The molecule has 0 aliphatic carbocycles. The number of ketones is 1. The van der Waals surface area contributed by atoms with E-state index in [0.717, 1.165) is 12.0 Å². The number of rotatable bonds is 9. The van der Waals surface area contributed by atoms with E-state index in [4.69, 9.17) is 10.2 Å². The molecule has 1 rings (SSSR count). The van der Waals surface area contributed by atoms with Crippen LogP contribution in [-0.4, -0.2) is 41.2 Å². The topological polar surface area (TPSA) is 86.6 Å². The van der Waals surface area contributed by atoms with Gasteiger partial charge in [0.05, 0.1) is 12.6 Å². The summed E-state index contributed by atoms with van der Waals surface area (Å²) in [5, 5.41) is 20.4. The van der Waals surface area contributed by atoms with Crippen molar-refractivity contribution in [2.24, 2.45) is 0 Å². The second kappa shape index (κ2) is 8.45. The Morgan fingerprint density at radius 3 is 2.40 bits per heavy atom. The molecule has 1 aromatic carbocycles. The van der Waals surface area contributed by atoms with Crippen molar-refractivity contribution in [1.82, 2.24) is 5.32 Å². The fourth-order valence-corrected chi connectivity index (χ4v) is 1.94. The second-order valence-corrected chi connectivity index (χ2v) is 4.58. The molecular formula is C15H21NO4. The maximum absolute atomic E-state index is 12.3. The molecule has 0 amide bonds. The van der Waals surface area contributed by atoms with Crippen molar-refractivity contribution in [2.75, 3.05) is 13.2 Å². The van der Waals surface area contributed by atoms with Gasteiger partial charge in [0.15, 0.2) is 5.78 Å². The Bertz CT molecular complexity index is 442. The van der Waals surface area contributed by atoms with Gasteiger partial charge in [0, 0.05) is 18.5 Å². The predicted molar refractivity (Wildman–Crippen MR) is 75.9 cm³/mol. The van der Waals surface area contributed by atoms with Crippen LogP contribution in [0.2, 0.25) is 0 Å². The third kappa shape index (κ3) is 5.11. The Labute approximate surface area is 118 Å². The molecule has 1 atom stereocenters. The van der Waals surface area contributed by atoms with Crippen molar-refractivity contribution < 1.29 is 19.8 Å². The van der Waals surface area contributed by atoms with Gasteiger partial charge in [-0.1, -0.05) is 31.2 Å². The van der Waals surface area contributed by atoms with E-state index >= 15 is 0 Å². The first-order valence-electron chi connectivity index (χ1n) is 6.77. The minimum atomic E-state index is -0.935. The van der Waals surface area contributed by atoms with E-state index < -0.39 is 12.0 Å². The van der Waals surface area contributed by atoms with E-state index in [1.165, 1.54) is 0 Å². The number of carbonyl (C=O) groups excluding carboxylic acids is 1. The highest BCUT2D eigenvalue weighted by Crippen LogP contribution is 2.10. The molecule has 20 heavy (non-hydrogen) atoms. The molecule has 5 nitrogen and oxygen atoms in total. The van der Waals surface area contributed by atoms with Crippen molar-refractivity contribution in [3.63, 3.8) is 0 Å². The molecule has 3 N–H and O–H groups in total. The molecule has 0 spiro atoms.